The minimum Gasteiger partial charge on any atom is -0.351 e. The van der Waals surface area contributed by atoms with Gasteiger partial charge in [0, 0.05) is 52.7 Å². The van der Waals surface area contributed by atoms with Crippen LogP contribution in [-0.2, 0) is 12.5 Å². The fourth-order valence-electron chi connectivity index (χ4n) is 4.44. The van der Waals surface area contributed by atoms with Crippen molar-refractivity contribution in [3.63, 3.8) is 0 Å². The lowest BCUT2D eigenvalue weighted by molar-refractivity contribution is 0.0918. The summed E-state index contributed by atoms with van der Waals surface area (Å²) in [5, 5.41) is 5.05. The Bertz CT molecular complexity index is 1000. The maximum Gasteiger partial charge on any atom is 0.251 e. The molecule has 1 aliphatic rings. The summed E-state index contributed by atoms with van der Waals surface area (Å²) in [7, 11) is 2.01. The highest BCUT2D eigenvalue weighted by Crippen LogP contribution is 2.39. The van der Waals surface area contributed by atoms with Gasteiger partial charge in [0.2, 0.25) is 0 Å². The zero-order valence-electron chi connectivity index (χ0n) is 16.1. The smallest absolute Gasteiger partial charge is 0.251 e. The fraction of sp³-hybridized carbons (Fsp3) is 0.348. The molecule has 4 nitrogen and oxygen atoms in total. The van der Waals surface area contributed by atoms with Crippen molar-refractivity contribution in [2.24, 2.45) is 12.8 Å². The number of hydrogen-bond acceptors (Lipinski definition) is 2. The predicted molar refractivity (Wildman–Crippen MR) is 115 cm³/mol. The Labute approximate surface area is 170 Å². The Morgan fingerprint density at radius 2 is 2.00 bits per heavy atom. The van der Waals surface area contributed by atoms with Crippen LogP contribution in [0.5, 0.6) is 0 Å². The average molecular weight is 396 g/mol. The Hall–Kier alpha value is -2.30. The number of amides is 1. The number of aryl methyl sites for hydroxylation is 1. The van der Waals surface area contributed by atoms with E-state index in [1.54, 1.807) is 0 Å². The molecule has 28 heavy (non-hydrogen) atoms. The van der Waals surface area contributed by atoms with E-state index in [-0.39, 0.29) is 17.4 Å². The molecule has 0 saturated heterocycles. The number of halogens is 1. The summed E-state index contributed by atoms with van der Waals surface area (Å²) >= 11 is 6.19. The highest BCUT2D eigenvalue weighted by atomic mass is 35.5. The number of benzene rings is 2. The van der Waals surface area contributed by atoms with Crippen molar-refractivity contribution in [3.05, 3.63) is 70.9 Å². The number of carbonyl (C=O) groups excluding carboxylic acids is 1. The van der Waals surface area contributed by atoms with Crippen LogP contribution < -0.4 is 11.1 Å². The van der Waals surface area contributed by atoms with Gasteiger partial charge in [-0.3, -0.25) is 4.79 Å². The number of nitrogens with two attached hydrogens (primary N) is 1. The van der Waals surface area contributed by atoms with Gasteiger partial charge in [0.05, 0.1) is 0 Å². The fourth-order valence-corrected chi connectivity index (χ4v) is 4.63. The van der Waals surface area contributed by atoms with Crippen LogP contribution in [0.4, 0.5) is 0 Å². The largest absolute Gasteiger partial charge is 0.351 e. The minimum absolute atomic E-state index is 0.00115. The van der Waals surface area contributed by atoms with E-state index >= 15 is 0 Å². The molecule has 5 heteroatoms. The molecular formula is C23H26ClN3O. The molecule has 4 rings (SSSR count). The van der Waals surface area contributed by atoms with Gasteiger partial charge in [-0.1, -0.05) is 23.7 Å². The Morgan fingerprint density at radius 1 is 1.21 bits per heavy atom. The van der Waals surface area contributed by atoms with Gasteiger partial charge in [0.25, 0.3) is 5.91 Å². The molecule has 0 spiro atoms. The lowest BCUT2D eigenvalue weighted by Crippen LogP contribution is -2.45. The summed E-state index contributed by atoms with van der Waals surface area (Å²) in [5.74, 6) is -0.00115. The second-order valence-corrected chi connectivity index (χ2v) is 8.38. The highest BCUT2D eigenvalue weighted by Gasteiger charge is 2.36. The van der Waals surface area contributed by atoms with Crippen LogP contribution in [0.1, 0.15) is 41.6 Å². The SMILES string of the molecule is Cn1ccc2cc(C(=O)NC3CCC(CN)(c4cccc(Cl)c4)CC3)ccc21. The van der Waals surface area contributed by atoms with Crippen molar-refractivity contribution in [2.75, 3.05) is 6.54 Å². The second-order valence-electron chi connectivity index (χ2n) is 7.94. The molecule has 0 unspecified atom stereocenters. The Kier molecular flexibility index (Phi) is 5.17. The molecule has 1 fully saturated rings. The van der Waals surface area contributed by atoms with Crippen LogP contribution >= 0.6 is 11.6 Å². The van der Waals surface area contributed by atoms with Crippen LogP contribution in [0.3, 0.4) is 0 Å². The molecule has 0 radical (unpaired) electrons. The van der Waals surface area contributed by atoms with Crippen LogP contribution in [0.2, 0.25) is 5.02 Å². The number of carbonyl (C=O) groups is 1. The molecule has 1 saturated carbocycles. The Morgan fingerprint density at radius 3 is 2.71 bits per heavy atom. The van der Waals surface area contributed by atoms with E-state index in [0.29, 0.717) is 12.1 Å². The molecule has 1 heterocycles. The normalized spacial score (nSPS) is 22.3. The summed E-state index contributed by atoms with van der Waals surface area (Å²) in [6.45, 7) is 0.596. The highest BCUT2D eigenvalue weighted by molar-refractivity contribution is 6.30. The molecule has 0 aliphatic heterocycles. The number of nitrogens with one attached hydrogen (secondary N) is 1. The molecule has 0 atom stereocenters. The van der Waals surface area contributed by atoms with Crippen LogP contribution in [-0.4, -0.2) is 23.1 Å². The van der Waals surface area contributed by atoms with Gasteiger partial charge in [-0.05, 0) is 67.6 Å². The van der Waals surface area contributed by atoms with Crippen molar-refractivity contribution < 1.29 is 4.79 Å². The quantitative estimate of drug-likeness (QED) is 0.687. The molecule has 3 N–H and O–H groups in total. The van der Waals surface area contributed by atoms with E-state index in [4.69, 9.17) is 17.3 Å². The minimum atomic E-state index is -0.0466. The summed E-state index contributed by atoms with van der Waals surface area (Å²) in [6, 6.07) is 16.1. The first-order valence-corrected chi connectivity index (χ1v) is 10.2. The first kappa shape index (κ1) is 19.0. The van der Waals surface area contributed by atoms with Gasteiger partial charge >= 0.3 is 0 Å². The molecule has 1 amide bonds. The van der Waals surface area contributed by atoms with Crippen molar-refractivity contribution >= 4 is 28.4 Å². The van der Waals surface area contributed by atoms with Gasteiger partial charge in [0.15, 0.2) is 0 Å². The average Bonchev–Trinajstić information content (AvgIpc) is 3.09. The van der Waals surface area contributed by atoms with E-state index in [1.165, 1.54) is 5.56 Å². The lowest BCUT2D eigenvalue weighted by atomic mass is 9.68. The predicted octanol–water partition coefficient (Wildman–Crippen LogP) is 4.40. The van der Waals surface area contributed by atoms with Crippen molar-refractivity contribution in [3.8, 4) is 0 Å². The van der Waals surface area contributed by atoms with Gasteiger partial charge < -0.3 is 15.6 Å². The van der Waals surface area contributed by atoms with Crippen molar-refractivity contribution in [1.82, 2.24) is 9.88 Å². The standard InChI is InChI=1S/C23H26ClN3O/c1-27-12-9-16-13-17(5-6-21(16)27)22(28)26-20-7-10-23(15-25,11-8-20)18-3-2-4-19(24)14-18/h2-6,9,12-14,20H,7-8,10-11,15,25H2,1H3,(H,26,28). The first-order chi connectivity index (χ1) is 13.5. The van der Waals surface area contributed by atoms with Crippen LogP contribution in [0, 0.1) is 0 Å². The first-order valence-electron chi connectivity index (χ1n) is 9.83. The van der Waals surface area contributed by atoms with E-state index in [0.717, 1.165) is 41.6 Å². The van der Waals surface area contributed by atoms with Gasteiger partial charge in [-0.25, -0.2) is 0 Å². The topological polar surface area (TPSA) is 60.0 Å². The zero-order chi connectivity index (χ0) is 19.7. The molecule has 0 bridgehead atoms. The molecule has 2 aromatic carbocycles. The number of rotatable bonds is 4. The van der Waals surface area contributed by atoms with Gasteiger partial charge in [0.1, 0.15) is 0 Å². The molecular weight excluding hydrogens is 370 g/mol. The summed E-state index contributed by atoms with van der Waals surface area (Å²) < 4.78 is 2.06. The van der Waals surface area contributed by atoms with Crippen LogP contribution in [0.25, 0.3) is 10.9 Å². The van der Waals surface area contributed by atoms with E-state index in [2.05, 4.69) is 16.0 Å². The molecule has 1 aromatic heterocycles. The number of aromatic nitrogens is 1. The Balaban J connectivity index is 1.43. The molecule has 1 aliphatic carbocycles. The maximum absolute atomic E-state index is 12.7. The summed E-state index contributed by atoms with van der Waals surface area (Å²) in [4.78, 5) is 12.7. The summed E-state index contributed by atoms with van der Waals surface area (Å²) in [6.07, 6.45) is 5.75. The van der Waals surface area contributed by atoms with Gasteiger partial charge in [-0.15, -0.1) is 0 Å². The van der Waals surface area contributed by atoms with Crippen molar-refractivity contribution in [1.29, 1.82) is 0 Å². The molecule has 146 valence electrons. The monoisotopic (exact) mass is 395 g/mol. The van der Waals surface area contributed by atoms with E-state index in [9.17, 15) is 4.79 Å². The second kappa shape index (κ2) is 7.61. The third-order valence-corrected chi connectivity index (χ3v) is 6.49. The van der Waals surface area contributed by atoms with E-state index in [1.807, 2.05) is 55.7 Å². The van der Waals surface area contributed by atoms with E-state index < -0.39 is 0 Å². The third kappa shape index (κ3) is 3.54. The number of nitrogens with zero attached hydrogens (tertiary/aromatic N) is 1. The van der Waals surface area contributed by atoms with Crippen molar-refractivity contribution in [2.45, 2.75) is 37.1 Å². The van der Waals surface area contributed by atoms with Gasteiger partial charge in [-0.2, -0.15) is 0 Å². The molecule has 3 aromatic rings. The zero-order valence-corrected chi connectivity index (χ0v) is 16.9. The number of fused-ring (bicyclic) bond motifs is 1. The lowest BCUT2D eigenvalue weighted by Gasteiger charge is -2.40. The summed E-state index contributed by atoms with van der Waals surface area (Å²) in [5.41, 5.74) is 9.18. The third-order valence-electron chi connectivity index (χ3n) is 6.25. The maximum atomic E-state index is 12.7. The number of hydrogen-bond donors (Lipinski definition) is 2. The van der Waals surface area contributed by atoms with Crippen LogP contribution in [0.15, 0.2) is 54.7 Å².